The number of carbonyl (C=O) groups excluding carboxylic acids is 1. The van der Waals surface area contributed by atoms with Crippen molar-refractivity contribution in [2.75, 3.05) is 25.1 Å². The Hall–Kier alpha value is -2.92. The molecule has 0 saturated carbocycles. The van der Waals surface area contributed by atoms with Gasteiger partial charge in [-0.15, -0.1) is 0 Å². The van der Waals surface area contributed by atoms with E-state index < -0.39 is 5.41 Å². The maximum atomic E-state index is 13.7. The number of hydrogen-bond donors (Lipinski definition) is 1. The first-order valence-corrected chi connectivity index (χ1v) is 11.1. The fraction of sp³-hybridized carbons (Fsp3) is 0.385. The summed E-state index contributed by atoms with van der Waals surface area (Å²) >= 11 is 0. The molecule has 4 rings (SSSR count). The number of pyridine rings is 1. The van der Waals surface area contributed by atoms with Crippen LogP contribution in [0.4, 0.5) is 5.69 Å². The van der Waals surface area contributed by atoms with Gasteiger partial charge in [-0.05, 0) is 56.0 Å². The molecule has 0 aliphatic carbocycles. The Balaban J connectivity index is 1.67. The summed E-state index contributed by atoms with van der Waals surface area (Å²) in [4.78, 5) is 18.3. The number of hydrogen-bond acceptors (Lipinski definition) is 4. The van der Waals surface area contributed by atoms with Crippen LogP contribution in [0.15, 0.2) is 54.7 Å². The lowest BCUT2D eigenvalue weighted by Crippen LogP contribution is -2.44. The molecule has 5 nitrogen and oxygen atoms in total. The number of unbranched alkanes of at least 4 members (excludes halogenated alkanes) is 1. The van der Waals surface area contributed by atoms with Gasteiger partial charge in [-0.25, -0.2) is 0 Å². The third-order valence-corrected chi connectivity index (χ3v) is 6.09. The maximum absolute atomic E-state index is 13.7. The minimum absolute atomic E-state index is 0.00574. The standard InChI is InChI=1S/C26H30N2O3/c1-3-4-15-31-23-11-10-22(21-9-6-14-27-24(21)23)28-25(29)26(12-16-30-17-13-26)20-8-5-7-19(2)18-20/h5-11,14,18H,3-4,12-13,15-17H2,1-2H3,(H,28,29). The van der Waals surface area contributed by atoms with E-state index in [-0.39, 0.29) is 5.91 Å². The van der Waals surface area contributed by atoms with Crippen LogP contribution in [0.1, 0.15) is 43.7 Å². The van der Waals surface area contributed by atoms with Crippen molar-refractivity contribution in [2.45, 2.75) is 44.9 Å². The fourth-order valence-corrected chi connectivity index (χ4v) is 4.25. The largest absolute Gasteiger partial charge is 0.491 e. The van der Waals surface area contributed by atoms with Gasteiger partial charge in [0.25, 0.3) is 0 Å². The molecule has 1 aromatic heterocycles. The molecular weight excluding hydrogens is 388 g/mol. The van der Waals surface area contributed by atoms with Gasteiger partial charge < -0.3 is 14.8 Å². The predicted molar refractivity (Wildman–Crippen MR) is 124 cm³/mol. The first-order chi connectivity index (χ1) is 15.1. The van der Waals surface area contributed by atoms with Crippen molar-refractivity contribution >= 4 is 22.5 Å². The van der Waals surface area contributed by atoms with Gasteiger partial charge in [0.1, 0.15) is 11.3 Å². The van der Waals surface area contributed by atoms with Crippen LogP contribution in [0.2, 0.25) is 0 Å². The highest BCUT2D eigenvalue weighted by molar-refractivity contribution is 6.06. The van der Waals surface area contributed by atoms with Crippen molar-refractivity contribution in [1.29, 1.82) is 0 Å². The zero-order valence-corrected chi connectivity index (χ0v) is 18.3. The van der Waals surface area contributed by atoms with Gasteiger partial charge in [0.15, 0.2) is 0 Å². The van der Waals surface area contributed by atoms with Crippen LogP contribution in [0.25, 0.3) is 10.9 Å². The smallest absolute Gasteiger partial charge is 0.235 e. The Labute approximate surface area is 183 Å². The highest BCUT2D eigenvalue weighted by atomic mass is 16.5. The minimum Gasteiger partial charge on any atom is -0.491 e. The van der Waals surface area contributed by atoms with E-state index in [1.54, 1.807) is 6.20 Å². The van der Waals surface area contributed by atoms with E-state index in [0.29, 0.717) is 32.7 Å². The third-order valence-electron chi connectivity index (χ3n) is 6.09. The molecular formula is C26H30N2O3. The summed E-state index contributed by atoms with van der Waals surface area (Å²) in [5, 5.41) is 4.10. The fourth-order valence-electron chi connectivity index (χ4n) is 4.25. The summed E-state index contributed by atoms with van der Waals surface area (Å²) < 4.78 is 11.5. The average molecular weight is 419 g/mol. The number of fused-ring (bicyclic) bond motifs is 1. The predicted octanol–water partition coefficient (Wildman–Crippen LogP) is 5.41. The van der Waals surface area contributed by atoms with Crippen LogP contribution in [-0.2, 0) is 14.9 Å². The Morgan fingerprint density at radius 3 is 2.77 bits per heavy atom. The molecule has 0 unspecified atom stereocenters. The Morgan fingerprint density at radius 1 is 1.16 bits per heavy atom. The lowest BCUT2D eigenvalue weighted by atomic mass is 9.73. The van der Waals surface area contributed by atoms with Gasteiger partial charge in [-0.1, -0.05) is 43.2 Å². The molecule has 1 saturated heterocycles. The molecule has 0 atom stereocenters. The number of rotatable bonds is 7. The molecule has 1 aliphatic rings. The zero-order chi connectivity index (χ0) is 21.7. The topological polar surface area (TPSA) is 60.5 Å². The van der Waals surface area contributed by atoms with Gasteiger partial charge >= 0.3 is 0 Å². The van der Waals surface area contributed by atoms with Crippen molar-refractivity contribution < 1.29 is 14.3 Å². The van der Waals surface area contributed by atoms with Crippen molar-refractivity contribution in [2.24, 2.45) is 0 Å². The number of nitrogens with zero attached hydrogens (tertiary/aromatic N) is 1. The molecule has 31 heavy (non-hydrogen) atoms. The van der Waals surface area contributed by atoms with Crippen molar-refractivity contribution in [3.8, 4) is 5.75 Å². The Kier molecular flexibility index (Phi) is 6.52. The van der Waals surface area contributed by atoms with Crippen LogP contribution in [-0.4, -0.2) is 30.7 Å². The van der Waals surface area contributed by atoms with Crippen molar-refractivity contribution in [3.05, 3.63) is 65.9 Å². The van der Waals surface area contributed by atoms with Gasteiger partial charge in [0, 0.05) is 24.8 Å². The molecule has 0 radical (unpaired) electrons. The molecule has 0 spiro atoms. The van der Waals surface area contributed by atoms with E-state index in [1.807, 2.05) is 30.3 Å². The van der Waals surface area contributed by atoms with E-state index in [1.165, 1.54) is 0 Å². The minimum atomic E-state index is -0.602. The van der Waals surface area contributed by atoms with Gasteiger partial charge in [0.05, 0.1) is 17.7 Å². The van der Waals surface area contributed by atoms with Crippen LogP contribution in [0.5, 0.6) is 5.75 Å². The first-order valence-electron chi connectivity index (χ1n) is 11.1. The highest BCUT2D eigenvalue weighted by Crippen LogP contribution is 2.38. The monoisotopic (exact) mass is 418 g/mol. The number of aromatic nitrogens is 1. The molecule has 1 N–H and O–H groups in total. The summed E-state index contributed by atoms with van der Waals surface area (Å²) in [6.45, 7) is 6.01. The number of ether oxygens (including phenoxy) is 2. The Morgan fingerprint density at radius 2 is 2.00 bits per heavy atom. The van der Waals surface area contributed by atoms with E-state index >= 15 is 0 Å². The zero-order valence-electron chi connectivity index (χ0n) is 18.3. The van der Waals surface area contributed by atoms with Gasteiger partial charge in [0.2, 0.25) is 5.91 Å². The van der Waals surface area contributed by atoms with E-state index in [0.717, 1.165) is 46.3 Å². The summed E-state index contributed by atoms with van der Waals surface area (Å²) in [7, 11) is 0. The van der Waals surface area contributed by atoms with Gasteiger partial charge in [-0.2, -0.15) is 0 Å². The lowest BCUT2D eigenvalue weighted by molar-refractivity contribution is -0.125. The maximum Gasteiger partial charge on any atom is 0.235 e. The number of nitrogens with one attached hydrogen (secondary N) is 1. The second-order valence-corrected chi connectivity index (χ2v) is 8.23. The SMILES string of the molecule is CCCCOc1ccc(NC(=O)C2(c3cccc(C)c3)CCOCC2)c2cccnc12. The molecule has 1 amide bonds. The molecule has 162 valence electrons. The quantitative estimate of drug-likeness (QED) is 0.521. The van der Waals surface area contributed by atoms with Crippen LogP contribution in [0.3, 0.4) is 0 Å². The molecule has 1 fully saturated rings. The van der Waals surface area contributed by atoms with E-state index in [4.69, 9.17) is 9.47 Å². The molecule has 2 heterocycles. The van der Waals surface area contributed by atoms with Crippen LogP contribution < -0.4 is 10.1 Å². The molecule has 1 aliphatic heterocycles. The second-order valence-electron chi connectivity index (χ2n) is 8.23. The Bertz CT molecular complexity index is 1060. The summed E-state index contributed by atoms with van der Waals surface area (Å²) in [5.74, 6) is 0.757. The molecule has 0 bridgehead atoms. The number of benzene rings is 2. The molecule has 5 heteroatoms. The normalized spacial score (nSPS) is 15.5. The number of amides is 1. The second kappa shape index (κ2) is 9.48. The summed E-state index contributed by atoms with van der Waals surface area (Å²) in [6.07, 6.45) is 5.15. The van der Waals surface area contributed by atoms with Gasteiger partial charge in [-0.3, -0.25) is 9.78 Å². The number of aryl methyl sites for hydroxylation is 1. The van der Waals surface area contributed by atoms with E-state index in [2.05, 4.69) is 42.3 Å². The molecule has 3 aromatic rings. The number of carbonyl (C=O) groups is 1. The molecule has 2 aromatic carbocycles. The number of anilines is 1. The lowest BCUT2D eigenvalue weighted by Gasteiger charge is -2.36. The van der Waals surface area contributed by atoms with Crippen molar-refractivity contribution in [1.82, 2.24) is 4.98 Å². The average Bonchev–Trinajstić information content (AvgIpc) is 2.81. The third kappa shape index (κ3) is 4.42. The van der Waals surface area contributed by atoms with Crippen LogP contribution in [0, 0.1) is 6.92 Å². The first kappa shape index (κ1) is 21.3. The summed E-state index contributed by atoms with van der Waals surface area (Å²) in [5.41, 5.74) is 3.13. The van der Waals surface area contributed by atoms with Crippen molar-refractivity contribution in [3.63, 3.8) is 0 Å². The van der Waals surface area contributed by atoms with E-state index in [9.17, 15) is 4.79 Å². The highest BCUT2D eigenvalue weighted by Gasteiger charge is 2.42. The summed E-state index contributed by atoms with van der Waals surface area (Å²) in [6, 6.07) is 16.0. The van der Waals surface area contributed by atoms with Crippen LogP contribution >= 0.6 is 0 Å².